The standard InChI is InChI=1S/C14H28N4O/c1-11-10-17(2)6-3-7-18(11)13(9-15)8-14(19)16-12-4-5-12/h11-13H,3-10,15H2,1-2H3,(H,16,19). The van der Waals surface area contributed by atoms with Gasteiger partial charge >= 0.3 is 0 Å². The molecule has 1 heterocycles. The molecule has 2 fully saturated rings. The van der Waals surface area contributed by atoms with Crippen molar-refractivity contribution in [1.29, 1.82) is 0 Å². The minimum atomic E-state index is 0.169. The second-order valence-corrected chi connectivity index (χ2v) is 6.14. The summed E-state index contributed by atoms with van der Waals surface area (Å²) in [6, 6.07) is 1.09. The van der Waals surface area contributed by atoms with Crippen molar-refractivity contribution in [1.82, 2.24) is 15.1 Å². The summed E-state index contributed by atoms with van der Waals surface area (Å²) in [5.41, 5.74) is 5.91. The number of amides is 1. The third-order valence-electron chi connectivity index (χ3n) is 4.20. The third-order valence-corrected chi connectivity index (χ3v) is 4.20. The van der Waals surface area contributed by atoms with Gasteiger partial charge in [-0.25, -0.2) is 0 Å². The lowest BCUT2D eigenvalue weighted by Gasteiger charge is -2.34. The fourth-order valence-corrected chi connectivity index (χ4v) is 3.00. The number of nitrogens with one attached hydrogen (secondary N) is 1. The number of nitrogens with zero attached hydrogens (tertiary/aromatic N) is 2. The monoisotopic (exact) mass is 268 g/mol. The van der Waals surface area contributed by atoms with E-state index in [-0.39, 0.29) is 11.9 Å². The molecule has 5 nitrogen and oxygen atoms in total. The second-order valence-electron chi connectivity index (χ2n) is 6.14. The number of carbonyl (C=O) groups excluding carboxylic acids is 1. The Morgan fingerprint density at radius 2 is 2.16 bits per heavy atom. The van der Waals surface area contributed by atoms with Crippen molar-refractivity contribution in [2.75, 3.05) is 33.2 Å². The molecule has 0 aromatic carbocycles. The van der Waals surface area contributed by atoms with Gasteiger partial charge in [0.15, 0.2) is 0 Å². The van der Waals surface area contributed by atoms with Crippen LogP contribution in [0.15, 0.2) is 0 Å². The zero-order valence-electron chi connectivity index (χ0n) is 12.3. The van der Waals surface area contributed by atoms with Crippen LogP contribution in [-0.4, -0.2) is 67.1 Å². The summed E-state index contributed by atoms with van der Waals surface area (Å²) in [7, 11) is 2.16. The Morgan fingerprint density at radius 1 is 1.42 bits per heavy atom. The molecular formula is C14H28N4O. The van der Waals surface area contributed by atoms with Gasteiger partial charge in [-0.2, -0.15) is 0 Å². The van der Waals surface area contributed by atoms with Crippen molar-refractivity contribution in [3.8, 4) is 0 Å². The van der Waals surface area contributed by atoms with E-state index in [1.54, 1.807) is 0 Å². The van der Waals surface area contributed by atoms with Gasteiger partial charge in [0, 0.05) is 44.2 Å². The third kappa shape index (κ3) is 4.44. The SMILES string of the molecule is CC1CN(C)CCCN1C(CN)CC(=O)NC1CC1. The first-order chi connectivity index (χ1) is 9.10. The molecule has 2 atom stereocenters. The number of hydrogen-bond donors (Lipinski definition) is 2. The molecule has 0 spiro atoms. The normalized spacial score (nSPS) is 27.8. The van der Waals surface area contributed by atoms with Crippen molar-refractivity contribution < 1.29 is 4.79 Å². The molecule has 1 aliphatic carbocycles. The molecule has 1 amide bonds. The van der Waals surface area contributed by atoms with Gasteiger partial charge in [-0.05, 0) is 39.8 Å². The van der Waals surface area contributed by atoms with Crippen LogP contribution in [0, 0.1) is 0 Å². The van der Waals surface area contributed by atoms with Crippen molar-refractivity contribution >= 4 is 5.91 Å². The quantitative estimate of drug-likeness (QED) is 0.737. The van der Waals surface area contributed by atoms with Gasteiger partial charge in [-0.15, -0.1) is 0 Å². The van der Waals surface area contributed by atoms with Crippen LogP contribution < -0.4 is 11.1 Å². The first kappa shape index (κ1) is 14.8. The zero-order chi connectivity index (χ0) is 13.8. The van der Waals surface area contributed by atoms with Gasteiger partial charge in [0.1, 0.15) is 0 Å². The molecule has 3 N–H and O–H groups in total. The predicted octanol–water partition coefficient (Wildman–Crippen LogP) is 0.00840. The molecule has 0 aromatic rings. The predicted molar refractivity (Wildman–Crippen MR) is 76.9 cm³/mol. The molecule has 2 rings (SSSR count). The fraction of sp³-hybridized carbons (Fsp3) is 0.929. The highest BCUT2D eigenvalue weighted by atomic mass is 16.1. The summed E-state index contributed by atoms with van der Waals surface area (Å²) >= 11 is 0. The average molecular weight is 268 g/mol. The van der Waals surface area contributed by atoms with Crippen molar-refractivity contribution in [2.45, 2.75) is 50.7 Å². The maximum absolute atomic E-state index is 12.0. The summed E-state index contributed by atoms with van der Waals surface area (Å²) < 4.78 is 0. The Morgan fingerprint density at radius 3 is 2.79 bits per heavy atom. The van der Waals surface area contributed by atoms with Gasteiger partial charge in [0.05, 0.1) is 0 Å². The molecule has 1 aliphatic heterocycles. The van der Waals surface area contributed by atoms with Crippen LogP contribution >= 0.6 is 0 Å². The Labute approximate surface area is 116 Å². The summed E-state index contributed by atoms with van der Waals surface area (Å²) in [5.74, 6) is 0.169. The van der Waals surface area contributed by atoms with E-state index in [0.29, 0.717) is 25.0 Å². The van der Waals surface area contributed by atoms with Crippen molar-refractivity contribution in [3.63, 3.8) is 0 Å². The summed E-state index contributed by atoms with van der Waals surface area (Å²) in [6.45, 7) is 6.03. The van der Waals surface area contributed by atoms with E-state index in [1.165, 1.54) is 0 Å². The van der Waals surface area contributed by atoms with E-state index in [1.807, 2.05) is 0 Å². The van der Waals surface area contributed by atoms with Crippen LogP contribution in [0.4, 0.5) is 0 Å². The molecule has 5 heteroatoms. The van der Waals surface area contributed by atoms with Crippen LogP contribution in [0.2, 0.25) is 0 Å². The van der Waals surface area contributed by atoms with Gasteiger partial charge in [0.25, 0.3) is 0 Å². The van der Waals surface area contributed by atoms with Crippen molar-refractivity contribution in [2.24, 2.45) is 5.73 Å². The van der Waals surface area contributed by atoms with Crippen LogP contribution in [0.1, 0.15) is 32.6 Å². The molecular weight excluding hydrogens is 240 g/mol. The summed E-state index contributed by atoms with van der Waals surface area (Å²) in [5, 5.41) is 3.07. The second kappa shape index (κ2) is 6.68. The highest BCUT2D eigenvalue weighted by Gasteiger charge is 2.29. The van der Waals surface area contributed by atoms with Gasteiger partial charge in [-0.1, -0.05) is 0 Å². The van der Waals surface area contributed by atoms with E-state index >= 15 is 0 Å². The average Bonchev–Trinajstić information content (AvgIpc) is 3.16. The Bertz CT molecular complexity index is 306. The number of nitrogens with two attached hydrogens (primary N) is 1. The number of hydrogen-bond acceptors (Lipinski definition) is 4. The number of carbonyl (C=O) groups is 1. The van der Waals surface area contributed by atoms with E-state index in [9.17, 15) is 4.79 Å². The highest BCUT2D eigenvalue weighted by molar-refractivity contribution is 5.77. The Hall–Kier alpha value is -0.650. The molecule has 2 unspecified atom stereocenters. The fourth-order valence-electron chi connectivity index (χ4n) is 3.00. The van der Waals surface area contributed by atoms with Crippen LogP contribution in [0.25, 0.3) is 0 Å². The van der Waals surface area contributed by atoms with E-state index in [4.69, 9.17) is 5.73 Å². The summed E-state index contributed by atoms with van der Waals surface area (Å²) in [4.78, 5) is 16.7. The lowest BCUT2D eigenvalue weighted by molar-refractivity contribution is -0.122. The van der Waals surface area contributed by atoms with Crippen LogP contribution in [0.5, 0.6) is 0 Å². The number of rotatable bonds is 5. The largest absolute Gasteiger partial charge is 0.353 e. The van der Waals surface area contributed by atoms with E-state index in [0.717, 1.165) is 38.9 Å². The first-order valence-electron chi connectivity index (χ1n) is 7.54. The first-order valence-corrected chi connectivity index (χ1v) is 7.54. The molecule has 0 bridgehead atoms. The lowest BCUT2D eigenvalue weighted by atomic mass is 10.1. The maximum Gasteiger partial charge on any atom is 0.221 e. The minimum absolute atomic E-state index is 0.169. The molecule has 110 valence electrons. The van der Waals surface area contributed by atoms with Gasteiger partial charge < -0.3 is 16.0 Å². The van der Waals surface area contributed by atoms with Gasteiger partial charge in [-0.3, -0.25) is 9.69 Å². The zero-order valence-corrected chi connectivity index (χ0v) is 12.3. The molecule has 0 radical (unpaired) electrons. The van der Waals surface area contributed by atoms with E-state index in [2.05, 4.69) is 29.1 Å². The van der Waals surface area contributed by atoms with Crippen LogP contribution in [0.3, 0.4) is 0 Å². The lowest BCUT2D eigenvalue weighted by Crippen LogP contribution is -2.49. The van der Waals surface area contributed by atoms with E-state index < -0.39 is 0 Å². The molecule has 0 aromatic heterocycles. The topological polar surface area (TPSA) is 61.6 Å². The minimum Gasteiger partial charge on any atom is -0.353 e. The maximum atomic E-state index is 12.0. The molecule has 1 saturated heterocycles. The number of likely N-dealkylation sites (N-methyl/N-ethyl adjacent to an activating group) is 1. The van der Waals surface area contributed by atoms with Crippen LogP contribution in [-0.2, 0) is 4.79 Å². The Kier molecular flexibility index (Phi) is 5.19. The molecule has 19 heavy (non-hydrogen) atoms. The Balaban J connectivity index is 1.88. The molecule has 1 saturated carbocycles. The van der Waals surface area contributed by atoms with Crippen molar-refractivity contribution in [3.05, 3.63) is 0 Å². The summed E-state index contributed by atoms with van der Waals surface area (Å²) in [6.07, 6.45) is 3.98. The van der Waals surface area contributed by atoms with Gasteiger partial charge in [0.2, 0.25) is 5.91 Å². The smallest absolute Gasteiger partial charge is 0.221 e. The molecule has 2 aliphatic rings. The highest BCUT2D eigenvalue weighted by Crippen LogP contribution is 2.19.